The number of carbonyl (C=O) groups is 1. The second-order valence-corrected chi connectivity index (χ2v) is 8.06. The fourth-order valence-corrected chi connectivity index (χ4v) is 4.30. The van der Waals surface area contributed by atoms with Crippen molar-refractivity contribution in [3.05, 3.63) is 59.7 Å². The highest BCUT2D eigenvalue weighted by Crippen LogP contribution is 2.22. The van der Waals surface area contributed by atoms with Gasteiger partial charge in [0.1, 0.15) is 17.3 Å². The molecule has 1 atom stereocenters. The third-order valence-electron chi connectivity index (χ3n) is 4.14. The Morgan fingerprint density at radius 2 is 1.85 bits per heavy atom. The maximum Gasteiger partial charge on any atom is 0.255 e. The number of amides is 1. The largest absolute Gasteiger partial charge is 0.376 e. The highest BCUT2D eigenvalue weighted by Gasteiger charge is 2.29. The van der Waals surface area contributed by atoms with Crippen LogP contribution >= 0.6 is 0 Å². The molecule has 1 saturated heterocycles. The zero-order valence-electron chi connectivity index (χ0n) is 14.5. The van der Waals surface area contributed by atoms with Crippen LogP contribution in [0.2, 0.25) is 0 Å². The van der Waals surface area contributed by atoms with Crippen molar-refractivity contribution < 1.29 is 26.7 Å². The third kappa shape index (κ3) is 4.15. The molecule has 6 nitrogen and oxygen atoms in total. The predicted octanol–water partition coefficient (Wildman–Crippen LogP) is 2.63. The van der Waals surface area contributed by atoms with Gasteiger partial charge in [0.25, 0.3) is 5.91 Å². The van der Waals surface area contributed by atoms with E-state index in [2.05, 4.69) is 5.32 Å². The Kier molecular flexibility index (Phi) is 5.54. The summed E-state index contributed by atoms with van der Waals surface area (Å²) in [6.07, 6.45) is -0.232. The molecule has 0 bridgehead atoms. The molecule has 0 radical (unpaired) electrons. The van der Waals surface area contributed by atoms with E-state index in [0.717, 1.165) is 12.1 Å². The molecule has 1 aliphatic rings. The third-order valence-corrected chi connectivity index (χ3v) is 6.00. The number of sulfonamides is 1. The molecule has 1 unspecified atom stereocenters. The lowest BCUT2D eigenvalue weighted by molar-refractivity contribution is 0.0102. The van der Waals surface area contributed by atoms with Gasteiger partial charge in [-0.05, 0) is 37.3 Å². The lowest BCUT2D eigenvalue weighted by atomic mass is 10.2. The maximum absolute atomic E-state index is 13.7. The minimum absolute atomic E-state index is 0.0277. The molecule has 0 saturated carbocycles. The van der Waals surface area contributed by atoms with Crippen molar-refractivity contribution in [2.45, 2.75) is 17.9 Å². The van der Waals surface area contributed by atoms with Gasteiger partial charge in [-0.25, -0.2) is 17.2 Å². The van der Waals surface area contributed by atoms with E-state index < -0.39 is 33.3 Å². The fraction of sp³-hybridized carbons (Fsp3) is 0.278. The zero-order valence-corrected chi connectivity index (χ0v) is 15.3. The van der Waals surface area contributed by atoms with E-state index in [1.165, 1.54) is 34.6 Å². The quantitative estimate of drug-likeness (QED) is 0.862. The predicted molar refractivity (Wildman–Crippen MR) is 94.9 cm³/mol. The van der Waals surface area contributed by atoms with Crippen molar-refractivity contribution >= 4 is 21.6 Å². The minimum Gasteiger partial charge on any atom is -0.376 e. The minimum atomic E-state index is -3.81. The first-order valence-corrected chi connectivity index (χ1v) is 9.70. The summed E-state index contributed by atoms with van der Waals surface area (Å²) in [7, 11) is -3.81. The summed E-state index contributed by atoms with van der Waals surface area (Å²) in [4.78, 5) is 12.3. The Morgan fingerprint density at radius 1 is 1.19 bits per heavy atom. The van der Waals surface area contributed by atoms with Crippen LogP contribution in [0.15, 0.2) is 47.4 Å². The molecule has 1 fully saturated rings. The molecule has 3 rings (SSSR count). The summed E-state index contributed by atoms with van der Waals surface area (Å²) in [6.45, 7) is 2.48. The van der Waals surface area contributed by atoms with Crippen LogP contribution in [0.25, 0.3) is 0 Å². The lowest BCUT2D eigenvalue weighted by Gasteiger charge is -2.30. The van der Waals surface area contributed by atoms with Gasteiger partial charge >= 0.3 is 0 Å². The highest BCUT2D eigenvalue weighted by atomic mass is 32.2. The number of para-hydroxylation sites is 1. The maximum atomic E-state index is 13.7. The number of halogens is 2. The fourth-order valence-electron chi connectivity index (χ4n) is 2.75. The second kappa shape index (κ2) is 7.71. The topological polar surface area (TPSA) is 75.7 Å². The second-order valence-electron chi connectivity index (χ2n) is 6.12. The molecule has 2 aromatic rings. The number of hydrogen-bond acceptors (Lipinski definition) is 4. The molecule has 27 heavy (non-hydrogen) atoms. The molecule has 1 N–H and O–H groups in total. The van der Waals surface area contributed by atoms with Gasteiger partial charge in [0.05, 0.1) is 17.6 Å². The summed E-state index contributed by atoms with van der Waals surface area (Å²) < 4.78 is 59.6. The summed E-state index contributed by atoms with van der Waals surface area (Å²) in [5.41, 5.74) is -0.613. The summed E-state index contributed by atoms with van der Waals surface area (Å²) in [5.74, 6) is -2.66. The molecular weight excluding hydrogens is 378 g/mol. The van der Waals surface area contributed by atoms with Crippen molar-refractivity contribution in [1.29, 1.82) is 0 Å². The summed E-state index contributed by atoms with van der Waals surface area (Å²) in [5, 5.41) is 2.14. The van der Waals surface area contributed by atoms with Crippen LogP contribution in [0.3, 0.4) is 0 Å². The van der Waals surface area contributed by atoms with Crippen LogP contribution in [0.1, 0.15) is 17.3 Å². The van der Waals surface area contributed by atoms with Crippen molar-refractivity contribution in [2.24, 2.45) is 0 Å². The van der Waals surface area contributed by atoms with Crippen LogP contribution in [-0.4, -0.2) is 44.4 Å². The van der Waals surface area contributed by atoms with Gasteiger partial charge in [0.15, 0.2) is 0 Å². The number of rotatable bonds is 4. The first kappa shape index (κ1) is 19.4. The Bertz CT molecular complexity index is 945. The van der Waals surface area contributed by atoms with Gasteiger partial charge in [-0.15, -0.1) is 0 Å². The first-order chi connectivity index (χ1) is 12.8. The zero-order chi connectivity index (χ0) is 19.6. The average molecular weight is 396 g/mol. The van der Waals surface area contributed by atoms with Gasteiger partial charge in [0, 0.05) is 18.7 Å². The number of nitrogens with zero attached hydrogens (tertiary/aromatic N) is 1. The van der Waals surface area contributed by atoms with Gasteiger partial charge in [0.2, 0.25) is 10.0 Å². The van der Waals surface area contributed by atoms with Crippen LogP contribution in [-0.2, 0) is 14.8 Å². The summed E-state index contributed by atoms with van der Waals surface area (Å²) >= 11 is 0. The van der Waals surface area contributed by atoms with Gasteiger partial charge < -0.3 is 10.1 Å². The van der Waals surface area contributed by atoms with Crippen LogP contribution in [0.5, 0.6) is 0 Å². The number of hydrogen-bond donors (Lipinski definition) is 1. The molecule has 9 heteroatoms. The Labute approximate surface area is 155 Å². The molecule has 0 spiro atoms. The van der Waals surface area contributed by atoms with Crippen LogP contribution < -0.4 is 5.32 Å². The van der Waals surface area contributed by atoms with E-state index in [9.17, 15) is 22.0 Å². The van der Waals surface area contributed by atoms with Crippen molar-refractivity contribution in [1.82, 2.24) is 4.31 Å². The summed E-state index contributed by atoms with van der Waals surface area (Å²) in [6, 6.07) is 8.53. The van der Waals surface area contributed by atoms with Gasteiger partial charge in [-0.1, -0.05) is 12.1 Å². The van der Waals surface area contributed by atoms with Crippen LogP contribution in [0, 0.1) is 11.6 Å². The monoisotopic (exact) mass is 396 g/mol. The smallest absolute Gasteiger partial charge is 0.255 e. The number of carbonyl (C=O) groups excluding carboxylic acids is 1. The molecule has 2 aromatic carbocycles. The van der Waals surface area contributed by atoms with E-state index in [4.69, 9.17) is 4.74 Å². The molecule has 1 heterocycles. The normalized spacial score (nSPS) is 18.3. The van der Waals surface area contributed by atoms with E-state index in [1.54, 1.807) is 6.92 Å². The number of benzene rings is 2. The SMILES string of the molecule is CC1CN(S(=O)(=O)c2cccc(C(=O)Nc3c(F)cccc3F)c2)CCO1. The van der Waals surface area contributed by atoms with Gasteiger partial charge in [-0.3, -0.25) is 4.79 Å². The average Bonchev–Trinajstić information content (AvgIpc) is 2.65. The van der Waals surface area contributed by atoms with E-state index >= 15 is 0 Å². The van der Waals surface area contributed by atoms with Crippen LogP contribution in [0.4, 0.5) is 14.5 Å². The first-order valence-electron chi connectivity index (χ1n) is 8.26. The van der Waals surface area contributed by atoms with Crippen molar-refractivity contribution in [2.75, 3.05) is 25.0 Å². The Morgan fingerprint density at radius 3 is 2.52 bits per heavy atom. The van der Waals surface area contributed by atoms with Crippen molar-refractivity contribution in [3.63, 3.8) is 0 Å². The van der Waals surface area contributed by atoms with E-state index in [1.807, 2.05) is 0 Å². The standard InChI is InChI=1S/C18H18F2N2O4S/c1-12-11-22(8-9-26-12)27(24,25)14-5-2-4-13(10-14)18(23)21-17-15(19)6-3-7-16(17)20/h2-7,10,12H,8-9,11H2,1H3,(H,21,23). The molecular formula is C18H18F2N2O4S. The van der Waals surface area contributed by atoms with Gasteiger partial charge in [-0.2, -0.15) is 4.31 Å². The molecule has 0 aliphatic carbocycles. The Hall–Kier alpha value is -2.36. The number of nitrogens with one attached hydrogen (secondary N) is 1. The number of morpholine rings is 1. The molecule has 144 valence electrons. The molecule has 0 aromatic heterocycles. The highest BCUT2D eigenvalue weighted by molar-refractivity contribution is 7.89. The number of anilines is 1. The lowest BCUT2D eigenvalue weighted by Crippen LogP contribution is -2.44. The van der Waals surface area contributed by atoms with Crippen molar-refractivity contribution in [3.8, 4) is 0 Å². The number of ether oxygens (including phenoxy) is 1. The molecule has 1 amide bonds. The van der Waals surface area contributed by atoms with E-state index in [0.29, 0.717) is 0 Å². The van der Waals surface area contributed by atoms with E-state index in [-0.39, 0.29) is 36.3 Å². The Balaban J connectivity index is 1.86. The molecule has 1 aliphatic heterocycles.